The molecule has 23 heavy (non-hydrogen) atoms. The molecule has 5 nitrogen and oxygen atoms in total. The van der Waals surface area contributed by atoms with Gasteiger partial charge in [-0.1, -0.05) is 60.7 Å². The lowest BCUT2D eigenvalue weighted by Crippen LogP contribution is -2.32. The van der Waals surface area contributed by atoms with Crippen molar-refractivity contribution in [1.82, 2.24) is 5.23 Å². The van der Waals surface area contributed by atoms with Crippen LogP contribution in [0.5, 0.6) is 0 Å². The molecule has 0 aromatic heterocycles. The second-order valence-corrected chi connectivity index (χ2v) is 5.34. The summed E-state index contributed by atoms with van der Waals surface area (Å²) in [6.07, 6.45) is -1.55. The third-order valence-electron chi connectivity index (χ3n) is 3.91. The minimum absolute atomic E-state index is 0.180. The van der Waals surface area contributed by atoms with Gasteiger partial charge in [0.25, 0.3) is 0 Å². The van der Waals surface area contributed by atoms with E-state index in [0.29, 0.717) is 17.4 Å². The van der Waals surface area contributed by atoms with Crippen LogP contribution in [-0.2, 0) is 9.57 Å². The molecule has 0 amide bonds. The van der Waals surface area contributed by atoms with Crippen LogP contribution in [0.2, 0.25) is 0 Å². The zero-order chi connectivity index (χ0) is 16.2. The maximum absolute atomic E-state index is 12.8. The molecule has 3 unspecified atom stereocenters. The highest BCUT2D eigenvalue weighted by Crippen LogP contribution is 2.37. The van der Waals surface area contributed by atoms with Gasteiger partial charge in [0.2, 0.25) is 0 Å². The summed E-state index contributed by atoms with van der Waals surface area (Å²) in [5.41, 5.74) is 1.43. The Morgan fingerprint density at radius 3 is 2.35 bits per heavy atom. The lowest BCUT2D eigenvalue weighted by atomic mass is 9.88. The van der Waals surface area contributed by atoms with Crippen molar-refractivity contribution in [2.45, 2.75) is 25.2 Å². The zero-order valence-electron chi connectivity index (χ0n) is 12.8. The van der Waals surface area contributed by atoms with E-state index in [-0.39, 0.29) is 5.78 Å². The highest BCUT2D eigenvalue weighted by molar-refractivity contribution is 6.00. The SMILES string of the molecule is CCOC1C(c2ccccc2)C(C(=O)c2ccccc2)ON1O. The average Bonchev–Trinajstić information content (AvgIpc) is 2.93. The van der Waals surface area contributed by atoms with Crippen molar-refractivity contribution in [2.75, 3.05) is 6.61 Å². The van der Waals surface area contributed by atoms with Gasteiger partial charge in [-0.05, 0) is 17.7 Å². The Labute approximate surface area is 135 Å². The first-order chi connectivity index (χ1) is 11.2. The highest BCUT2D eigenvalue weighted by Gasteiger charge is 2.48. The molecule has 0 radical (unpaired) electrons. The monoisotopic (exact) mass is 313 g/mol. The molecule has 1 heterocycles. The smallest absolute Gasteiger partial charge is 0.194 e. The van der Waals surface area contributed by atoms with E-state index in [9.17, 15) is 10.0 Å². The maximum atomic E-state index is 12.8. The standard InChI is InChI=1S/C18H19NO4/c1-2-22-18-15(13-9-5-3-6-10-13)17(23-19(18)21)16(20)14-11-7-4-8-12-14/h3-12,15,17-18,21H,2H2,1H3. The van der Waals surface area contributed by atoms with Crippen LogP contribution in [0.3, 0.4) is 0 Å². The Kier molecular flexibility index (Phi) is 4.83. The largest absolute Gasteiger partial charge is 0.358 e. The van der Waals surface area contributed by atoms with E-state index < -0.39 is 18.2 Å². The molecule has 0 spiro atoms. The first-order valence-corrected chi connectivity index (χ1v) is 7.63. The molecule has 5 heteroatoms. The second-order valence-electron chi connectivity index (χ2n) is 5.34. The predicted molar refractivity (Wildman–Crippen MR) is 83.9 cm³/mol. The molecule has 2 aromatic carbocycles. The number of hydrogen-bond acceptors (Lipinski definition) is 5. The molecule has 1 saturated heterocycles. The Bertz CT molecular complexity index is 647. The first-order valence-electron chi connectivity index (χ1n) is 7.63. The molecule has 1 N–H and O–H groups in total. The van der Waals surface area contributed by atoms with Crippen molar-refractivity contribution in [3.05, 3.63) is 71.8 Å². The van der Waals surface area contributed by atoms with Crippen LogP contribution in [-0.4, -0.2) is 35.2 Å². The van der Waals surface area contributed by atoms with Crippen LogP contribution in [0.25, 0.3) is 0 Å². The molecule has 2 aromatic rings. The molecule has 1 aliphatic heterocycles. The van der Waals surface area contributed by atoms with E-state index in [4.69, 9.17) is 9.57 Å². The second kappa shape index (κ2) is 7.02. The Morgan fingerprint density at radius 1 is 1.13 bits per heavy atom. The summed E-state index contributed by atoms with van der Waals surface area (Å²) in [4.78, 5) is 18.2. The van der Waals surface area contributed by atoms with E-state index in [1.165, 1.54) is 0 Å². The van der Waals surface area contributed by atoms with Gasteiger partial charge >= 0.3 is 0 Å². The number of ether oxygens (including phenoxy) is 1. The Hall–Kier alpha value is -2.05. The number of ketones is 1. The van der Waals surface area contributed by atoms with Crippen LogP contribution in [0.1, 0.15) is 28.8 Å². The van der Waals surface area contributed by atoms with Gasteiger partial charge in [-0.15, -0.1) is 0 Å². The number of rotatable bonds is 5. The number of Topliss-reactive ketones (excluding diaryl/α,β-unsaturated/α-hetero) is 1. The van der Waals surface area contributed by atoms with E-state index >= 15 is 0 Å². The fourth-order valence-electron chi connectivity index (χ4n) is 2.86. The van der Waals surface area contributed by atoms with Crippen molar-refractivity contribution >= 4 is 5.78 Å². The van der Waals surface area contributed by atoms with E-state index in [0.717, 1.165) is 5.56 Å². The topological polar surface area (TPSA) is 59.0 Å². The fraction of sp³-hybridized carbons (Fsp3) is 0.278. The summed E-state index contributed by atoms with van der Waals surface area (Å²) in [7, 11) is 0. The normalized spacial score (nSPS) is 24.7. The molecule has 120 valence electrons. The summed E-state index contributed by atoms with van der Waals surface area (Å²) in [5, 5.41) is 10.7. The van der Waals surface area contributed by atoms with Gasteiger partial charge in [0.05, 0.1) is 5.92 Å². The van der Waals surface area contributed by atoms with Crippen molar-refractivity contribution in [2.24, 2.45) is 0 Å². The van der Waals surface area contributed by atoms with Gasteiger partial charge in [0.15, 0.2) is 18.1 Å². The van der Waals surface area contributed by atoms with Gasteiger partial charge < -0.3 is 4.74 Å². The fourth-order valence-corrected chi connectivity index (χ4v) is 2.86. The molecule has 1 aliphatic rings. The summed E-state index contributed by atoms with van der Waals surface area (Å²) in [5.74, 6) is -0.588. The highest BCUT2D eigenvalue weighted by atomic mass is 16.9. The Morgan fingerprint density at radius 2 is 1.74 bits per heavy atom. The van der Waals surface area contributed by atoms with Crippen LogP contribution in [0, 0.1) is 0 Å². The minimum atomic E-state index is -0.832. The first kappa shape index (κ1) is 15.8. The predicted octanol–water partition coefficient (Wildman–Crippen LogP) is 3.02. The van der Waals surface area contributed by atoms with E-state index in [1.807, 2.05) is 43.3 Å². The lowest BCUT2D eigenvalue weighted by molar-refractivity contribution is -0.370. The molecule has 0 saturated carbocycles. The van der Waals surface area contributed by atoms with Crippen molar-refractivity contribution in [3.63, 3.8) is 0 Å². The summed E-state index contributed by atoms with van der Waals surface area (Å²) >= 11 is 0. The maximum Gasteiger partial charge on any atom is 0.194 e. The zero-order valence-corrected chi connectivity index (χ0v) is 12.8. The minimum Gasteiger partial charge on any atom is -0.358 e. The molecular weight excluding hydrogens is 294 g/mol. The number of benzene rings is 2. The van der Waals surface area contributed by atoms with Gasteiger partial charge in [0, 0.05) is 12.2 Å². The van der Waals surface area contributed by atoms with Crippen LogP contribution in [0.15, 0.2) is 60.7 Å². The number of carbonyl (C=O) groups excluding carboxylic acids is 1. The molecule has 3 atom stereocenters. The van der Waals surface area contributed by atoms with Gasteiger partial charge in [0.1, 0.15) is 0 Å². The van der Waals surface area contributed by atoms with Gasteiger partial charge in [-0.25, -0.2) is 0 Å². The number of hydrogen-bond donors (Lipinski definition) is 1. The van der Waals surface area contributed by atoms with E-state index in [2.05, 4.69) is 0 Å². The lowest BCUT2D eigenvalue weighted by Gasteiger charge is -2.22. The third-order valence-corrected chi connectivity index (χ3v) is 3.91. The van der Waals surface area contributed by atoms with Crippen LogP contribution >= 0.6 is 0 Å². The molecule has 3 rings (SSSR count). The average molecular weight is 313 g/mol. The summed E-state index contributed by atoms with van der Waals surface area (Å²) < 4.78 is 5.60. The third kappa shape index (κ3) is 3.18. The summed E-state index contributed by atoms with van der Waals surface area (Å²) in [6.45, 7) is 2.24. The van der Waals surface area contributed by atoms with Crippen LogP contribution < -0.4 is 0 Å². The van der Waals surface area contributed by atoms with Crippen molar-refractivity contribution in [1.29, 1.82) is 0 Å². The quantitative estimate of drug-likeness (QED) is 0.860. The molecule has 0 aliphatic carbocycles. The summed E-state index contributed by atoms with van der Waals surface area (Å²) in [6, 6.07) is 18.4. The van der Waals surface area contributed by atoms with E-state index in [1.54, 1.807) is 24.3 Å². The van der Waals surface area contributed by atoms with Crippen molar-refractivity contribution < 1.29 is 19.6 Å². The molecule has 1 fully saturated rings. The number of carbonyl (C=O) groups is 1. The van der Waals surface area contributed by atoms with Crippen molar-refractivity contribution in [3.8, 4) is 0 Å². The molecular formula is C18H19NO4. The van der Waals surface area contributed by atoms with Gasteiger partial charge in [-0.2, -0.15) is 0 Å². The number of nitrogens with zero attached hydrogens (tertiary/aromatic N) is 1. The number of hydroxylamine groups is 2. The van der Waals surface area contributed by atoms with Crippen LogP contribution in [0.4, 0.5) is 0 Å². The Balaban J connectivity index is 1.96. The van der Waals surface area contributed by atoms with Gasteiger partial charge in [-0.3, -0.25) is 14.8 Å². The molecule has 0 bridgehead atoms.